The van der Waals surface area contributed by atoms with E-state index in [1.54, 1.807) is 12.1 Å². The van der Waals surface area contributed by atoms with E-state index in [-0.39, 0.29) is 11.3 Å². The zero-order valence-electron chi connectivity index (χ0n) is 9.64. The number of furan rings is 1. The second-order valence-electron chi connectivity index (χ2n) is 3.87. The van der Waals surface area contributed by atoms with Gasteiger partial charge in [0, 0.05) is 5.39 Å². The minimum absolute atomic E-state index is 0.0163. The Labute approximate surface area is 99.4 Å². The third-order valence-corrected chi connectivity index (χ3v) is 2.59. The molecule has 0 atom stereocenters. The van der Waals surface area contributed by atoms with Crippen LogP contribution in [0.4, 0.5) is 0 Å². The number of unbranched alkanes of at least 4 members (excludes halogenated alkanes) is 1. The minimum Gasteiger partial charge on any atom is -0.507 e. The molecule has 0 spiro atoms. The lowest BCUT2D eigenvalue weighted by atomic mass is 10.1. The third-order valence-electron chi connectivity index (χ3n) is 2.59. The normalized spacial score (nSPS) is 11.4. The van der Waals surface area contributed by atoms with Gasteiger partial charge in [0.1, 0.15) is 17.1 Å². The van der Waals surface area contributed by atoms with Crippen LogP contribution in [0.1, 0.15) is 35.9 Å². The molecular formula is C14H14O3. The number of phenolic OH excluding ortho intramolecular Hbond substituents is 1. The lowest BCUT2D eigenvalue weighted by molar-refractivity contribution is 0.112. The van der Waals surface area contributed by atoms with Crippen molar-refractivity contribution in [3.8, 4) is 5.75 Å². The molecule has 1 aromatic heterocycles. The van der Waals surface area contributed by atoms with E-state index < -0.39 is 0 Å². The van der Waals surface area contributed by atoms with Gasteiger partial charge in [-0.3, -0.25) is 4.79 Å². The van der Waals surface area contributed by atoms with Gasteiger partial charge in [-0.05, 0) is 30.7 Å². The molecule has 3 heteroatoms. The van der Waals surface area contributed by atoms with Gasteiger partial charge in [0.05, 0.1) is 5.56 Å². The van der Waals surface area contributed by atoms with Crippen LogP contribution in [0.2, 0.25) is 0 Å². The van der Waals surface area contributed by atoms with Crippen molar-refractivity contribution >= 4 is 23.3 Å². The van der Waals surface area contributed by atoms with Gasteiger partial charge in [-0.25, -0.2) is 0 Å². The summed E-state index contributed by atoms with van der Waals surface area (Å²) in [5, 5.41) is 10.2. The fraction of sp³-hybridized carbons (Fsp3) is 0.214. The molecule has 17 heavy (non-hydrogen) atoms. The number of hydrogen-bond acceptors (Lipinski definition) is 3. The van der Waals surface area contributed by atoms with E-state index in [0.717, 1.165) is 12.8 Å². The van der Waals surface area contributed by atoms with Crippen LogP contribution in [0.5, 0.6) is 5.75 Å². The van der Waals surface area contributed by atoms with Crippen molar-refractivity contribution < 1.29 is 14.3 Å². The van der Waals surface area contributed by atoms with E-state index >= 15 is 0 Å². The molecule has 2 rings (SSSR count). The van der Waals surface area contributed by atoms with Crippen LogP contribution in [-0.4, -0.2) is 11.4 Å². The van der Waals surface area contributed by atoms with Crippen molar-refractivity contribution in [2.24, 2.45) is 0 Å². The van der Waals surface area contributed by atoms with E-state index in [4.69, 9.17) is 4.42 Å². The summed E-state index contributed by atoms with van der Waals surface area (Å²) >= 11 is 0. The smallest absolute Gasteiger partial charge is 0.154 e. The highest BCUT2D eigenvalue weighted by atomic mass is 16.3. The molecule has 0 aliphatic heterocycles. The van der Waals surface area contributed by atoms with Crippen molar-refractivity contribution in [2.75, 3.05) is 0 Å². The summed E-state index contributed by atoms with van der Waals surface area (Å²) in [7, 11) is 0. The van der Waals surface area contributed by atoms with E-state index in [9.17, 15) is 9.90 Å². The first kappa shape index (κ1) is 11.5. The predicted molar refractivity (Wildman–Crippen MR) is 67.2 cm³/mol. The van der Waals surface area contributed by atoms with Gasteiger partial charge in [0.15, 0.2) is 6.29 Å². The molecule has 2 aromatic rings. The summed E-state index contributed by atoms with van der Waals surface area (Å²) in [5.74, 6) is 0.680. The lowest BCUT2D eigenvalue weighted by Gasteiger charge is -1.96. The summed E-state index contributed by atoms with van der Waals surface area (Å²) in [6.07, 6.45) is 6.62. The molecule has 1 N–H and O–H groups in total. The van der Waals surface area contributed by atoms with Crippen molar-refractivity contribution in [3.63, 3.8) is 0 Å². The largest absolute Gasteiger partial charge is 0.507 e. The van der Waals surface area contributed by atoms with Crippen LogP contribution in [0.25, 0.3) is 17.0 Å². The maximum atomic E-state index is 10.9. The SMILES string of the molecule is CCC/C=C/c1cc2c(C=O)c(O)ccc2o1. The van der Waals surface area contributed by atoms with Crippen LogP contribution in [0.15, 0.2) is 28.7 Å². The molecule has 88 valence electrons. The average molecular weight is 230 g/mol. The number of phenols is 1. The van der Waals surface area contributed by atoms with Gasteiger partial charge >= 0.3 is 0 Å². The lowest BCUT2D eigenvalue weighted by Crippen LogP contribution is -1.81. The van der Waals surface area contributed by atoms with Crippen LogP contribution in [0, 0.1) is 0 Å². The number of hydrogen-bond donors (Lipinski definition) is 1. The number of carbonyl (C=O) groups excluding carboxylic acids is 1. The Morgan fingerprint density at radius 2 is 2.24 bits per heavy atom. The summed E-state index contributed by atoms with van der Waals surface area (Å²) in [6, 6.07) is 4.90. The molecule has 3 nitrogen and oxygen atoms in total. The predicted octanol–water partition coefficient (Wildman–Crippen LogP) is 3.76. The second kappa shape index (κ2) is 4.87. The Balaban J connectivity index is 2.46. The fourth-order valence-electron chi connectivity index (χ4n) is 1.71. The van der Waals surface area contributed by atoms with Gasteiger partial charge in [-0.15, -0.1) is 0 Å². The highest BCUT2D eigenvalue weighted by molar-refractivity contribution is 5.99. The molecule has 0 saturated carbocycles. The van der Waals surface area contributed by atoms with Gasteiger partial charge < -0.3 is 9.52 Å². The number of aromatic hydroxyl groups is 1. The van der Waals surface area contributed by atoms with E-state index in [1.807, 2.05) is 12.2 Å². The molecule has 1 aromatic carbocycles. The van der Waals surface area contributed by atoms with E-state index in [1.165, 1.54) is 6.07 Å². The quantitative estimate of drug-likeness (QED) is 0.813. The summed E-state index contributed by atoms with van der Waals surface area (Å²) in [5.41, 5.74) is 0.891. The topological polar surface area (TPSA) is 50.4 Å². The van der Waals surface area contributed by atoms with Gasteiger partial charge in [-0.2, -0.15) is 0 Å². The molecule has 0 aliphatic carbocycles. The maximum Gasteiger partial charge on any atom is 0.154 e. The maximum absolute atomic E-state index is 10.9. The van der Waals surface area contributed by atoms with Crippen molar-refractivity contribution in [3.05, 3.63) is 35.6 Å². The first-order chi connectivity index (χ1) is 8.26. The molecule has 0 aliphatic rings. The van der Waals surface area contributed by atoms with Crippen molar-refractivity contribution in [2.45, 2.75) is 19.8 Å². The first-order valence-corrected chi connectivity index (χ1v) is 5.63. The Morgan fingerprint density at radius 3 is 2.94 bits per heavy atom. The van der Waals surface area contributed by atoms with Gasteiger partial charge in [-0.1, -0.05) is 19.4 Å². The number of fused-ring (bicyclic) bond motifs is 1. The summed E-state index contributed by atoms with van der Waals surface area (Å²) < 4.78 is 5.56. The molecule has 0 radical (unpaired) electrons. The van der Waals surface area contributed by atoms with Gasteiger partial charge in [0.25, 0.3) is 0 Å². The highest BCUT2D eigenvalue weighted by Crippen LogP contribution is 2.28. The van der Waals surface area contributed by atoms with Crippen LogP contribution in [0.3, 0.4) is 0 Å². The standard InChI is InChI=1S/C14H14O3/c1-2-3-4-5-10-8-11-12(9-15)13(16)6-7-14(11)17-10/h4-9,16H,2-3H2,1H3/b5-4+. The number of rotatable bonds is 4. The minimum atomic E-state index is -0.0163. The average Bonchev–Trinajstić information content (AvgIpc) is 2.72. The molecule has 1 heterocycles. The molecular weight excluding hydrogens is 216 g/mol. The molecule has 0 fully saturated rings. The Hall–Kier alpha value is -2.03. The first-order valence-electron chi connectivity index (χ1n) is 5.63. The Bertz CT molecular complexity index is 564. The molecule has 0 amide bonds. The van der Waals surface area contributed by atoms with Gasteiger partial charge in [0.2, 0.25) is 0 Å². The van der Waals surface area contributed by atoms with Crippen LogP contribution in [-0.2, 0) is 0 Å². The number of carbonyl (C=O) groups is 1. The molecule has 0 saturated heterocycles. The monoisotopic (exact) mass is 230 g/mol. The Kier molecular flexibility index (Phi) is 3.28. The summed E-state index contributed by atoms with van der Waals surface area (Å²) in [6.45, 7) is 2.10. The van der Waals surface area contributed by atoms with Crippen LogP contribution >= 0.6 is 0 Å². The number of allylic oxidation sites excluding steroid dienone is 1. The number of benzene rings is 1. The zero-order chi connectivity index (χ0) is 12.3. The molecule has 0 unspecified atom stereocenters. The fourth-order valence-corrected chi connectivity index (χ4v) is 1.71. The zero-order valence-corrected chi connectivity index (χ0v) is 9.64. The third kappa shape index (κ3) is 2.23. The number of aldehydes is 1. The molecule has 0 bridgehead atoms. The Morgan fingerprint density at radius 1 is 1.41 bits per heavy atom. The summed E-state index contributed by atoms with van der Waals surface area (Å²) in [4.78, 5) is 10.9. The highest BCUT2D eigenvalue weighted by Gasteiger charge is 2.09. The van der Waals surface area contributed by atoms with E-state index in [0.29, 0.717) is 23.0 Å². The second-order valence-corrected chi connectivity index (χ2v) is 3.87. The van der Waals surface area contributed by atoms with E-state index in [2.05, 4.69) is 6.92 Å². The van der Waals surface area contributed by atoms with Crippen LogP contribution < -0.4 is 0 Å². The van der Waals surface area contributed by atoms with Crippen molar-refractivity contribution in [1.29, 1.82) is 0 Å². The van der Waals surface area contributed by atoms with Crippen molar-refractivity contribution in [1.82, 2.24) is 0 Å².